The lowest BCUT2D eigenvalue weighted by Gasteiger charge is -2.22. The van der Waals surface area contributed by atoms with E-state index in [0.29, 0.717) is 28.5 Å². The Kier molecular flexibility index (Phi) is 8.55. The summed E-state index contributed by atoms with van der Waals surface area (Å²) in [5.74, 6) is 0.339. The van der Waals surface area contributed by atoms with Gasteiger partial charge in [-0.05, 0) is 35.9 Å². The smallest absolute Gasteiger partial charge is 0.258 e. The Balaban J connectivity index is 1.35. The average Bonchev–Trinajstić information content (AvgIpc) is 3.47. The van der Waals surface area contributed by atoms with E-state index in [1.165, 1.54) is 26.5 Å². The Labute approximate surface area is 264 Å². The molecular weight excluding hydrogens is 592 g/mol. The summed E-state index contributed by atoms with van der Waals surface area (Å²) in [4.78, 5) is 50.2. The summed E-state index contributed by atoms with van der Waals surface area (Å²) in [6.45, 7) is 0.200. The molecule has 0 aliphatic carbocycles. The van der Waals surface area contributed by atoms with Gasteiger partial charge in [-0.1, -0.05) is 36.4 Å². The number of aromatic nitrogens is 2. The number of nitrogens with one attached hydrogen (secondary N) is 2. The SMILES string of the molecule is COc1ccc2cc1OCC(=O)NCc1ccc(c(OC)c1)O[C@H]1CN(C(=O)c3cnc(N)nc3-c3ccccc3)C[C@@H]1NC2=O. The van der Waals surface area contributed by atoms with Gasteiger partial charge in [0.15, 0.2) is 29.6 Å². The molecule has 13 nitrogen and oxygen atoms in total. The summed E-state index contributed by atoms with van der Waals surface area (Å²) >= 11 is 0. The number of carbonyl (C=O) groups is 3. The number of rotatable bonds is 4. The van der Waals surface area contributed by atoms with Crippen molar-refractivity contribution in [1.29, 1.82) is 0 Å². The fraction of sp³-hybridized carbons (Fsp3) is 0.242. The first-order valence-electron chi connectivity index (χ1n) is 14.5. The zero-order valence-corrected chi connectivity index (χ0v) is 25.2. The summed E-state index contributed by atoms with van der Waals surface area (Å²) in [5.41, 5.74) is 8.32. The van der Waals surface area contributed by atoms with E-state index in [1.807, 2.05) is 30.3 Å². The van der Waals surface area contributed by atoms with Crippen LogP contribution in [0.25, 0.3) is 11.3 Å². The van der Waals surface area contributed by atoms with Gasteiger partial charge in [0.25, 0.3) is 17.7 Å². The highest BCUT2D eigenvalue weighted by Gasteiger charge is 2.39. The van der Waals surface area contributed by atoms with Gasteiger partial charge in [0.05, 0.1) is 38.1 Å². The van der Waals surface area contributed by atoms with E-state index in [9.17, 15) is 14.4 Å². The van der Waals surface area contributed by atoms with Gasteiger partial charge in [-0.2, -0.15) is 0 Å². The number of nitrogens with zero attached hydrogens (tertiary/aromatic N) is 3. The number of likely N-dealkylation sites (tertiary alicyclic amines) is 1. The number of methoxy groups -OCH3 is 2. The molecule has 0 radical (unpaired) electrons. The molecule has 4 heterocycles. The highest BCUT2D eigenvalue weighted by Crippen LogP contribution is 2.33. The summed E-state index contributed by atoms with van der Waals surface area (Å²) in [7, 11) is 2.98. The van der Waals surface area contributed by atoms with Crippen molar-refractivity contribution in [3.63, 3.8) is 0 Å². The van der Waals surface area contributed by atoms with Crippen molar-refractivity contribution < 1.29 is 33.3 Å². The predicted octanol–water partition coefficient (Wildman–Crippen LogP) is 2.45. The van der Waals surface area contributed by atoms with Gasteiger partial charge in [0.1, 0.15) is 6.10 Å². The first kappa shape index (κ1) is 30.2. The van der Waals surface area contributed by atoms with E-state index >= 15 is 0 Å². The number of fused-ring (bicyclic) bond motifs is 7. The minimum atomic E-state index is -0.660. The van der Waals surface area contributed by atoms with Gasteiger partial charge in [0, 0.05) is 30.4 Å². The molecule has 13 heteroatoms. The van der Waals surface area contributed by atoms with Crippen LogP contribution in [0.3, 0.4) is 0 Å². The van der Waals surface area contributed by atoms with E-state index in [-0.39, 0.29) is 60.9 Å². The Morgan fingerprint density at radius 1 is 0.957 bits per heavy atom. The van der Waals surface area contributed by atoms with Gasteiger partial charge in [-0.15, -0.1) is 0 Å². The highest BCUT2D eigenvalue weighted by atomic mass is 16.5. The van der Waals surface area contributed by atoms with Crippen molar-refractivity contribution in [3.05, 3.63) is 89.6 Å². The highest BCUT2D eigenvalue weighted by molar-refractivity contribution is 6.00. The molecule has 1 saturated heterocycles. The summed E-state index contributed by atoms with van der Waals surface area (Å²) in [6.07, 6.45) is 0.755. The van der Waals surface area contributed by atoms with E-state index in [1.54, 1.807) is 35.2 Å². The largest absolute Gasteiger partial charge is 0.493 e. The number of anilines is 1. The van der Waals surface area contributed by atoms with Gasteiger partial charge >= 0.3 is 0 Å². The lowest BCUT2D eigenvalue weighted by molar-refractivity contribution is -0.123. The van der Waals surface area contributed by atoms with Crippen LogP contribution in [-0.4, -0.2) is 78.7 Å². The van der Waals surface area contributed by atoms with Crippen molar-refractivity contribution in [3.8, 4) is 34.3 Å². The molecule has 1 aromatic heterocycles. The first-order valence-corrected chi connectivity index (χ1v) is 14.5. The van der Waals surface area contributed by atoms with E-state index in [0.717, 1.165) is 5.56 Å². The molecule has 0 unspecified atom stereocenters. The maximum absolute atomic E-state index is 14.0. The van der Waals surface area contributed by atoms with Crippen molar-refractivity contribution in [1.82, 2.24) is 25.5 Å². The molecule has 3 aromatic carbocycles. The van der Waals surface area contributed by atoms with Gasteiger partial charge in [-0.3, -0.25) is 14.4 Å². The normalized spacial score (nSPS) is 17.9. The fourth-order valence-electron chi connectivity index (χ4n) is 5.40. The zero-order valence-electron chi connectivity index (χ0n) is 25.2. The number of carbonyl (C=O) groups excluding carboxylic acids is 3. The number of benzene rings is 3. The molecule has 1 fully saturated rings. The second-order valence-electron chi connectivity index (χ2n) is 10.7. The van der Waals surface area contributed by atoms with Gasteiger partial charge < -0.3 is 40.2 Å². The summed E-state index contributed by atoms with van der Waals surface area (Å²) in [5, 5.41) is 5.83. The maximum atomic E-state index is 14.0. The number of hydrogen-bond acceptors (Lipinski definition) is 10. The third-order valence-electron chi connectivity index (χ3n) is 7.74. The third-order valence-corrected chi connectivity index (χ3v) is 7.74. The lowest BCUT2D eigenvalue weighted by atomic mass is 10.1. The van der Waals surface area contributed by atoms with Gasteiger partial charge in [0.2, 0.25) is 5.95 Å². The van der Waals surface area contributed by atoms with Crippen LogP contribution in [0.15, 0.2) is 72.9 Å². The molecule has 2 atom stereocenters. The Morgan fingerprint density at radius 2 is 1.76 bits per heavy atom. The minimum absolute atomic E-state index is 0.0424. The van der Waals surface area contributed by atoms with Crippen LogP contribution in [0, 0.1) is 0 Å². The molecule has 3 aliphatic rings. The van der Waals surface area contributed by atoms with E-state index in [4.69, 9.17) is 24.7 Å². The van der Waals surface area contributed by atoms with Crippen LogP contribution in [0.1, 0.15) is 26.3 Å². The van der Waals surface area contributed by atoms with Crippen molar-refractivity contribution >= 4 is 23.7 Å². The molecule has 7 rings (SSSR count). The van der Waals surface area contributed by atoms with Crippen LogP contribution in [0.2, 0.25) is 0 Å². The van der Waals surface area contributed by atoms with Gasteiger partial charge in [-0.25, -0.2) is 9.97 Å². The summed E-state index contributed by atoms with van der Waals surface area (Å²) in [6, 6.07) is 18.6. The molecule has 0 saturated carbocycles. The minimum Gasteiger partial charge on any atom is -0.493 e. The maximum Gasteiger partial charge on any atom is 0.258 e. The molecule has 0 spiro atoms. The molecular formula is C33H32N6O7. The van der Waals surface area contributed by atoms with Crippen LogP contribution < -0.4 is 35.3 Å². The average molecular weight is 625 g/mol. The molecule has 4 bridgehead atoms. The van der Waals surface area contributed by atoms with Crippen molar-refractivity contribution in [2.75, 3.05) is 39.6 Å². The Hall–Kier alpha value is -5.85. The monoisotopic (exact) mass is 624 g/mol. The Bertz CT molecular complexity index is 1780. The third kappa shape index (κ3) is 6.34. The topological polar surface area (TPSA) is 167 Å². The van der Waals surface area contributed by atoms with E-state index in [2.05, 4.69) is 20.6 Å². The molecule has 3 aliphatic heterocycles. The fourth-order valence-corrected chi connectivity index (χ4v) is 5.40. The Morgan fingerprint density at radius 3 is 2.54 bits per heavy atom. The van der Waals surface area contributed by atoms with Crippen LogP contribution >= 0.6 is 0 Å². The molecule has 3 amide bonds. The number of ether oxygens (including phenoxy) is 4. The standard InChI is InChI=1S/C33H32N6O7/c1-43-24-11-9-21-13-27(24)45-18-29(40)35-14-19-8-10-25(26(12-19)44-2)46-28-17-39(16-23(28)37-31(21)41)32(42)22-15-36-33(34)38-30(22)20-6-4-3-5-7-20/h3-13,15,23,28H,14,16-18H2,1-2H3,(H,35,40)(H,37,41)(H2,34,36,38)/t23-,28-/m0/s1. The molecule has 46 heavy (non-hydrogen) atoms. The van der Waals surface area contributed by atoms with Crippen LogP contribution in [0.4, 0.5) is 5.95 Å². The number of hydrogen-bond donors (Lipinski definition) is 3. The summed E-state index contributed by atoms with van der Waals surface area (Å²) < 4.78 is 23.1. The number of amides is 3. The lowest BCUT2D eigenvalue weighted by Crippen LogP contribution is -2.45. The zero-order chi connectivity index (χ0) is 32.2. The second-order valence-corrected chi connectivity index (χ2v) is 10.7. The molecule has 236 valence electrons. The first-order chi connectivity index (χ1) is 22.3. The van der Waals surface area contributed by atoms with Crippen LogP contribution in [-0.2, 0) is 11.3 Å². The predicted molar refractivity (Wildman–Crippen MR) is 167 cm³/mol. The molecule has 4 N–H and O–H groups in total. The van der Waals surface area contributed by atoms with Crippen molar-refractivity contribution in [2.24, 2.45) is 0 Å². The number of nitrogens with two attached hydrogens (primary N) is 1. The van der Waals surface area contributed by atoms with Crippen LogP contribution in [0.5, 0.6) is 23.0 Å². The number of nitrogen functional groups attached to an aromatic ring is 1. The van der Waals surface area contributed by atoms with Crippen molar-refractivity contribution in [2.45, 2.75) is 18.7 Å². The van der Waals surface area contributed by atoms with E-state index < -0.39 is 18.1 Å². The quantitative estimate of drug-likeness (QED) is 0.307. The second kappa shape index (κ2) is 13.0. The molecule has 4 aromatic rings.